The molecule has 1 heterocycles. The molecule has 0 aromatic rings. The van der Waals surface area contributed by atoms with Crippen LogP contribution in [0, 0.1) is 5.92 Å². The first kappa shape index (κ1) is 12.9. The van der Waals surface area contributed by atoms with Gasteiger partial charge in [-0.1, -0.05) is 20.8 Å². The van der Waals surface area contributed by atoms with Crippen LogP contribution in [-0.2, 0) is 4.74 Å². The van der Waals surface area contributed by atoms with E-state index < -0.39 is 0 Å². The van der Waals surface area contributed by atoms with E-state index in [0.717, 1.165) is 25.7 Å². The second-order valence-corrected chi connectivity index (χ2v) is 4.82. The summed E-state index contributed by atoms with van der Waals surface area (Å²) >= 11 is 0. The molecule has 0 aromatic carbocycles. The highest BCUT2D eigenvalue weighted by molar-refractivity contribution is 4.89. The van der Waals surface area contributed by atoms with Crippen LogP contribution in [0.1, 0.15) is 27.2 Å². The first-order chi connectivity index (χ1) is 7.20. The molecule has 1 aliphatic heterocycles. The van der Waals surface area contributed by atoms with E-state index >= 15 is 0 Å². The number of methoxy groups -OCH3 is 1. The van der Waals surface area contributed by atoms with E-state index in [2.05, 4.69) is 31.0 Å². The Labute approximate surface area is 94.2 Å². The molecule has 1 N–H and O–H groups in total. The Hall–Kier alpha value is -0.120. The first-order valence-corrected chi connectivity index (χ1v) is 6.16. The Morgan fingerprint density at radius 1 is 1.40 bits per heavy atom. The van der Waals surface area contributed by atoms with Gasteiger partial charge in [-0.15, -0.1) is 0 Å². The molecule has 1 aliphatic rings. The second-order valence-electron chi connectivity index (χ2n) is 4.82. The van der Waals surface area contributed by atoms with Gasteiger partial charge in [0.2, 0.25) is 0 Å². The summed E-state index contributed by atoms with van der Waals surface area (Å²) in [7, 11) is 1.80. The summed E-state index contributed by atoms with van der Waals surface area (Å²) in [6.07, 6.45) is 1.23. The molecule has 1 atom stereocenters. The number of ether oxygens (including phenoxy) is 1. The zero-order valence-corrected chi connectivity index (χ0v) is 10.6. The molecule has 0 aliphatic carbocycles. The van der Waals surface area contributed by atoms with E-state index in [4.69, 9.17) is 4.74 Å². The smallest absolute Gasteiger partial charge is 0.0620 e. The molecular formula is C12H26N2O. The molecule has 1 rings (SSSR count). The van der Waals surface area contributed by atoms with Crippen LogP contribution in [0.3, 0.4) is 0 Å². The number of hydrogen-bond donors (Lipinski definition) is 1. The SMILES string of the molecule is CCCN(C1CNC1)C(COC)C(C)C. The maximum absolute atomic E-state index is 5.35. The molecule has 1 fully saturated rings. The highest BCUT2D eigenvalue weighted by Gasteiger charge is 2.31. The van der Waals surface area contributed by atoms with Crippen molar-refractivity contribution >= 4 is 0 Å². The number of hydrogen-bond acceptors (Lipinski definition) is 3. The topological polar surface area (TPSA) is 24.5 Å². The zero-order chi connectivity index (χ0) is 11.3. The lowest BCUT2D eigenvalue weighted by molar-refractivity contribution is 0.0197. The molecule has 0 spiro atoms. The van der Waals surface area contributed by atoms with E-state index in [1.54, 1.807) is 7.11 Å². The lowest BCUT2D eigenvalue weighted by Gasteiger charge is -2.44. The van der Waals surface area contributed by atoms with Gasteiger partial charge in [0.25, 0.3) is 0 Å². The molecule has 1 saturated heterocycles. The van der Waals surface area contributed by atoms with Gasteiger partial charge in [-0.05, 0) is 18.9 Å². The van der Waals surface area contributed by atoms with Crippen molar-refractivity contribution in [1.29, 1.82) is 0 Å². The molecule has 90 valence electrons. The van der Waals surface area contributed by atoms with Crippen LogP contribution < -0.4 is 5.32 Å². The summed E-state index contributed by atoms with van der Waals surface area (Å²) in [5, 5.41) is 3.35. The van der Waals surface area contributed by atoms with Gasteiger partial charge in [0.15, 0.2) is 0 Å². The van der Waals surface area contributed by atoms with Gasteiger partial charge in [-0.2, -0.15) is 0 Å². The third-order valence-corrected chi connectivity index (χ3v) is 3.24. The maximum atomic E-state index is 5.35. The lowest BCUT2D eigenvalue weighted by atomic mass is 9.99. The van der Waals surface area contributed by atoms with Crippen LogP contribution >= 0.6 is 0 Å². The van der Waals surface area contributed by atoms with E-state index in [-0.39, 0.29) is 0 Å². The van der Waals surface area contributed by atoms with Gasteiger partial charge in [0.1, 0.15) is 0 Å². The second kappa shape index (κ2) is 6.46. The molecule has 0 bridgehead atoms. The number of nitrogens with one attached hydrogen (secondary N) is 1. The van der Waals surface area contributed by atoms with Crippen molar-refractivity contribution in [3.63, 3.8) is 0 Å². The van der Waals surface area contributed by atoms with Crippen LogP contribution in [0.4, 0.5) is 0 Å². The zero-order valence-electron chi connectivity index (χ0n) is 10.6. The minimum atomic E-state index is 0.571. The van der Waals surface area contributed by atoms with Crippen molar-refractivity contribution in [2.24, 2.45) is 5.92 Å². The Morgan fingerprint density at radius 2 is 2.07 bits per heavy atom. The highest BCUT2D eigenvalue weighted by Crippen LogP contribution is 2.17. The lowest BCUT2D eigenvalue weighted by Crippen LogP contribution is -2.61. The predicted octanol–water partition coefficient (Wildman–Crippen LogP) is 1.34. The van der Waals surface area contributed by atoms with Gasteiger partial charge in [-0.25, -0.2) is 0 Å². The van der Waals surface area contributed by atoms with Crippen molar-refractivity contribution in [2.45, 2.75) is 39.3 Å². The van der Waals surface area contributed by atoms with Gasteiger partial charge in [-0.3, -0.25) is 4.90 Å². The van der Waals surface area contributed by atoms with Gasteiger partial charge in [0, 0.05) is 32.3 Å². The minimum Gasteiger partial charge on any atom is -0.383 e. The van der Waals surface area contributed by atoms with Crippen LogP contribution in [0.2, 0.25) is 0 Å². The van der Waals surface area contributed by atoms with E-state index in [9.17, 15) is 0 Å². The Bertz CT molecular complexity index is 169. The van der Waals surface area contributed by atoms with Crippen molar-refractivity contribution in [1.82, 2.24) is 10.2 Å². The normalized spacial score (nSPS) is 19.6. The van der Waals surface area contributed by atoms with Crippen LogP contribution in [0.5, 0.6) is 0 Å². The Morgan fingerprint density at radius 3 is 2.40 bits per heavy atom. The first-order valence-electron chi connectivity index (χ1n) is 6.16. The third kappa shape index (κ3) is 3.44. The number of nitrogens with zero attached hydrogens (tertiary/aromatic N) is 1. The molecule has 0 aromatic heterocycles. The average molecular weight is 214 g/mol. The summed E-state index contributed by atoms with van der Waals surface area (Å²) in [6.45, 7) is 11.2. The largest absolute Gasteiger partial charge is 0.383 e. The molecule has 0 saturated carbocycles. The number of rotatable bonds is 7. The Balaban J connectivity index is 2.55. The Kier molecular flexibility index (Phi) is 5.58. The molecule has 0 radical (unpaired) electrons. The minimum absolute atomic E-state index is 0.571. The summed E-state index contributed by atoms with van der Waals surface area (Å²) in [6, 6.07) is 1.30. The van der Waals surface area contributed by atoms with Gasteiger partial charge >= 0.3 is 0 Å². The van der Waals surface area contributed by atoms with E-state index in [1.165, 1.54) is 13.0 Å². The monoisotopic (exact) mass is 214 g/mol. The quantitative estimate of drug-likeness (QED) is 0.692. The summed E-state index contributed by atoms with van der Waals surface area (Å²) < 4.78 is 5.35. The van der Waals surface area contributed by atoms with Crippen molar-refractivity contribution in [3.05, 3.63) is 0 Å². The maximum Gasteiger partial charge on any atom is 0.0620 e. The molecule has 0 amide bonds. The molecular weight excluding hydrogens is 188 g/mol. The average Bonchev–Trinajstić information content (AvgIpc) is 2.10. The fourth-order valence-corrected chi connectivity index (χ4v) is 2.23. The fraction of sp³-hybridized carbons (Fsp3) is 1.00. The molecule has 15 heavy (non-hydrogen) atoms. The molecule has 3 heteroatoms. The van der Waals surface area contributed by atoms with Crippen LogP contribution in [0.25, 0.3) is 0 Å². The van der Waals surface area contributed by atoms with Gasteiger partial charge < -0.3 is 10.1 Å². The summed E-state index contributed by atoms with van der Waals surface area (Å²) in [5.74, 6) is 0.664. The standard InChI is InChI=1S/C12H26N2O/c1-5-6-14(11-7-13-8-11)12(9-15-4)10(2)3/h10-13H,5-9H2,1-4H3. The summed E-state index contributed by atoms with van der Waals surface area (Å²) in [5.41, 5.74) is 0. The highest BCUT2D eigenvalue weighted by atomic mass is 16.5. The van der Waals surface area contributed by atoms with Crippen molar-refractivity contribution in [2.75, 3.05) is 33.4 Å². The third-order valence-electron chi connectivity index (χ3n) is 3.24. The fourth-order valence-electron chi connectivity index (χ4n) is 2.23. The van der Waals surface area contributed by atoms with Crippen LogP contribution in [-0.4, -0.2) is 50.3 Å². The van der Waals surface area contributed by atoms with Crippen molar-refractivity contribution in [3.8, 4) is 0 Å². The molecule has 3 nitrogen and oxygen atoms in total. The van der Waals surface area contributed by atoms with Crippen LogP contribution in [0.15, 0.2) is 0 Å². The van der Waals surface area contributed by atoms with E-state index in [1.807, 2.05) is 0 Å². The predicted molar refractivity (Wildman–Crippen MR) is 64.2 cm³/mol. The van der Waals surface area contributed by atoms with Gasteiger partial charge in [0.05, 0.1) is 6.61 Å². The van der Waals surface area contributed by atoms with E-state index in [0.29, 0.717) is 12.0 Å². The summed E-state index contributed by atoms with van der Waals surface area (Å²) in [4.78, 5) is 2.63. The van der Waals surface area contributed by atoms with Crippen molar-refractivity contribution < 1.29 is 4.74 Å². The molecule has 1 unspecified atom stereocenters.